The van der Waals surface area contributed by atoms with E-state index < -0.39 is 23.9 Å². The van der Waals surface area contributed by atoms with E-state index in [1.165, 1.54) is 4.90 Å². The topological polar surface area (TPSA) is 107 Å². The van der Waals surface area contributed by atoms with E-state index in [-0.39, 0.29) is 36.8 Å². The second-order valence-corrected chi connectivity index (χ2v) is 13.8. The third kappa shape index (κ3) is 7.25. The summed E-state index contributed by atoms with van der Waals surface area (Å²) in [7, 11) is 0. The Kier molecular flexibility index (Phi) is 10.6. The number of phenolic OH excluding ortho intramolecular Hbond substituents is 1. The van der Waals surface area contributed by atoms with Gasteiger partial charge >= 0.3 is 0 Å². The molecule has 2 fully saturated rings. The number of aliphatic hydroxyl groups excluding tert-OH is 2. The molecule has 6 rings (SSSR count). The van der Waals surface area contributed by atoms with Crippen molar-refractivity contribution in [3.05, 3.63) is 106 Å². The maximum Gasteiger partial charge on any atom is 0.234 e. The normalized spacial score (nSPS) is 22.8. The molecule has 3 aromatic carbocycles. The molecule has 0 bridgehead atoms. The van der Waals surface area contributed by atoms with Gasteiger partial charge < -0.3 is 20.1 Å². The first-order chi connectivity index (χ1) is 22.9. The second kappa shape index (κ2) is 15.0. The number of hydrogen-bond donors (Lipinski definition) is 3. The highest BCUT2D eigenvalue weighted by Gasteiger charge is 2.56. The van der Waals surface area contributed by atoms with Gasteiger partial charge in [-0.25, -0.2) is 0 Å². The first kappa shape index (κ1) is 33.2. The molecule has 3 N–H and O–H groups in total. The Morgan fingerprint density at radius 1 is 0.957 bits per heavy atom. The number of carbonyl (C=O) groups is 2. The number of nitrogens with zero attached hydrogens (tertiary/aromatic N) is 1. The lowest BCUT2D eigenvalue weighted by atomic mass is 9.68. The fraction of sp³-hybridized carbons (Fsp3) is 0.385. The monoisotopic (exact) mass is 699 g/mol. The fourth-order valence-electron chi connectivity index (χ4n) is 7.73. The van der Waals surface area contributed by atoms with Gasteiger partial charge in [0, 0.05) is 22.0 Å². The zero-order valence-corrected chi connectivity index (χ0v) is 28.0. The summed E-state index contributed by atoms with van der Waals surface area (Å²) in [5, 5.41) is 33.4. The van der Waals surface area contributed by atoms with Crippen molar-refractivity contribution in [3.63, 3.8) is 0 Å². The summed E-state index contributed by atoms with van der Waals surface area (Å²) in [6, 6.07) is 24.4. The summed E-state index contributed by atoms with van der Waals surface area (Å²) in [5.41, 5.74) is 3.90. The number of imide groups is 1. The van der Waals surface area contributed by atoms with Gasteiger partial charge in [-0.15, -0.1) is 0 Å². The third-order valence-electron chi connectivity index (χ3n) is 10.0. The van der Waals surface area contributed by atoms with Gasteiger partial charge in [0.15, 0.2) is 0 Å². The van der Waals surface area contributed by atoms with Crippen LogP contribution < -0.4 is 4.74 Å². The Balaban J connectivity index is 1.32. The predicted octanol–water partition coefficient (Wildman–Crippen LogP) is 7.16. The number of allylic oxidation sites excluding steroid dienone is 1. The van der Waals surface area contributed by atoms with Gasteiger partial charge in [0.25, 0.3) is 0 Å². The number of ether oxygens (including phenoxy) is 1. The SMILES string of the molecule is O=C1[C@@H]2[C@@H](CC(COc3ccccc3)=C([C@H](O)CC/C(=C/c3cc(Br)ccc3O)c3ccccc3)[C@@H]2CO)C(=O)N1C1CCCCC1. The van der Waals surface area contributed by atoms with Crippen molar-refractivity contribution in [2.75, 3.05) is 13.2 Å². The summed E-state index contributed by atoms with van der Waals surface area (Å²) in [4.78, 5) is 29.4. The molecule has 0 radical (unpaired) electrons. The van der Waals surface area contributed by atoms with Crippen molar-refractivity contribution in [2.24, 2.45) is 17.8 Å². The molecule has 1 saturated carbocycles. The van der Waals surface area contributed by atoms with Crippen molar-refractivity contribution in [1.29, 1.82) is 0 Å². The summed E-state index contributed by atoms with van der Waals surface area (Å²) in [5.74, 6) is -1.53. The zero-order chi connectivity index (χ0) is 32.9. The van der Waals surface area contributed by atoms with Gasteiger partial charge in [-0.3, -0.25) is 14.5 Å². The number of hydrogen-bond acceptors (Lipinski definition) is 6. The van der Waals surface area contributed by atoms with Crippen LogP contribution in [0, 0.1) is 17.8 Å². The van der Waals surface area contributed by atoms with E-state index in [9.17, 15) is 24.9 Å². The Bertz CT molecular complexity index is 1630. The van der Waals surface area contributed by atoms with E-state index in [1.54, 1.807) is 12.1 Å². The van der Waals surface area contributed by atoms with Crippen LogP contribution in [0.4, 0.5) is 0 Å². The van der Waals surface area contributed by atoms with Crippen molar-refractivity contribution in [2.45, 2.75) is 63.5 Å². The first-order valence-corrected chi connectivity index (χ1v) is 17.4. The molecule has 1 aliphatic heterocycles. The lowest BCUT2D eigenvalue weighted by molar-refractivity contribution is -0.143. The number of aliphatic hydroxyl groups is 2. The summed E-state index contributed by atoms with van der Waals surface area (Å²) >= 11 is 3.49. The summed E-state index contributed by atoms with van der Waals surface area (Å²) in [6.45, 7) is -0.207. The molecule has 4 atom stereocenters. The predicted molar refractivity (Wildman–Crippen MR) is 185 cm³/mol. The van der Waals surface area contributed by atoms with Crippen LogP contribution in [0.3, 0.4) is 0 Å². The lowest BCUT2D eigenvalue weighted by Gasteiger charge is -2.36. The smallest absolute Gasteiger partial charge is 0.234 e. The summed E-state index contributed by atoms with van der Waals surface area (Å²) < 4.78 is 7.00. The number of para-hydroxylation sites is 1. The van der Waals surface area contributed by atoms with E-state index in [4.69, 9.17) is 4.74 Å². The number of phenols is 1. The largest absolute Gasteiger partial charge is 0.507 e. The Morgan fingerprint density at radius 2 is 1.66 bits per heavy atom. The van der Waals surface area contributed by atoms with Crippen molar-refractivity contribution < 1.29 is 29.6 Å². The molecule has 0 unspecified atom stereocenters. The fourth-order valence-corrected chi connectivity index (χ4v) is 8.11. The van der Waals surface area contributed by atoms with Crippen LogP contribution in [-0.2, 0) is 9.59 Å². The number of benzene rings is 3. The molecule has 7 nitrogen and oxygen atoms in total. The molecule has 2 aliphatic carbocycles. The molecule has 246 valence electrons. The molecule has 1 heterocycles. The van der Waals surface area contributed by atoms with Gasteiger partial charge in [0.05, 0.1) is 24.5 Å². The quantitative estimate of drug-likeness (QED) is 0.111. The van der Waals surface area contributed by atoms with Gasteiger partial charge in [-0.05, 0) is 90.8 Å². The van der Waals surface area contributed by atoms with Gasteiger partial charge in [0.2, 0.25) is 11.8 Å². The van der Waals surface area contributed by atoms with E-state index in [0.717, 1.165) is 53.3 Å². The molecule has 2 amide bonds. The number of fused-ring (bicyclic) bond motifs is 1. The minimum absolute atomic E-state index is 0.0981. The Morgan fingerprint density at radius 3 is 2.36 bits per heavy atom. The molecule has 0 spiro atoms. The van der Waals surface area contributed by atoms with Crippen molar-refractivity contribution >= 4 is 39.4 Å². The number of halogens is 1. The van der Waals surface area contributed by atoms with Crippen molar-refractivity contribution in [1.82, 2.24) is 4.90 Å². The maximum atomic E-state index is 14.0. The minimum Gasteiger partial charge on any atom is -0.507 e. The van der Waals surface area contributed by atoms with E-state index in [1.807, 2.05) is 72.8 Å². The molecule has 3 aliphatic rings. The number of likely N-dealkylation sites (tertiary alicyclic amines) is 1. The molecule has 1 saturated heterocycles. The lowest BCUT2D eigenvalue weighted by Crippen LogP contribution is -2.42. The van der Waals surface area contributed by atoms with Crippen LogP contribution in [0.2, 0.25) is 0 Å². The van der Waals surface area contributed by atoms with Crippen LogP contribution in [0.25, 0.3) is 11.6 Å². The number of amides is 2. The third-order valence-corrected chi connectivity index (χ3v) is 10.5. The highest BCUT2D eigenvalue weighted by Crippen LogP contribution is 2.48. The number of carbonyl (C=O) groups excluding carboxylic acids is 2. The van der Waals surface area contributed by atoms with Gasteiger partial charge in [-0.1, -0.05) is 83.7 Å². The highest BCUT2D eigenvalue weighted by molar-refractivity contribution is 9.10. The molecule has 0 aromatic heterocycles. The van der Waals surface area contributed by atoms with Gasteiger partial charge in [-0.2, -0.15) is 0 Å². The second-order valence-electron chi connectivity index (χ2n) is 12.9. The van der Waals surface area contributed by atoms with Crippen LogP contribution in [-0.4, -0.2) is 57.4 Å². The molecular formula is C39H42BrNO6. The Labute approximate surface area is 284 Å². The van der Waals surface area contributed by atoms with Crippen LogP contribution >= 0.6 is 15.9 Å². The minimum atomic E-state index is -0.989. The van der Waals surface area contributed by atoms with Crippen LogP contribution in [0.15, 0.2) is 94.5 Å². The van der Waals surface area contributed by atoms with E-state index in [2.05, 4.69) is 15.9 Å². The van der Waals surface area contributed by atoms with Crippen molar-refractivity contribution in [3.8, 4) is 11.5 Å². The summed E-state index contributed by atoms with van der Waals surface area (Å²) in [6.07, 6.45) is 6.74. The van der Waals surface area contributed by atoms with Gasteiger partial charge in [0.1, 0.15) is 18.1 Å². The first-order valence-electron chi connectivity index (χ1n) is 16.7. The maximum absolute atomic E-state index is 14.0. The molecule has 47 heavy (non-hydrogen) atoms. The van der Waals surface area contributed by atoms with E-state index in [0.29, 0.717) is 36.1 Å². The van der Waals surface area contributed by atoms with Crippen LogP contribution in [0.1, 0.15) is 62.5 Å². The van der Waals surface area contributed by atoms with E-state index >= 15 is 0 Å². The molecule has 8 heteroatoms. The Hall–Kier alpha value is -3.72. The standard InChI is InChI=1S/C39H42BrNO6/c40-29-17-19-34(43)27(21-29)20-26(25-10-4-1-5-11-25)16-18-35(44)36-28(24-47-31-14-8-3-9-15-31)22-32-37(33(36)23-42)39(46)41(38(32)45)30-12-6-2-7-13-30/h1,3-5,8-11,14-15,17,19-21,30,32-33,35,37,42-44H,2,6-7,12-13,16,18,22-24H2/b26-20-/t32-,33+,35-,37-/m1/s1. The average molecular weight is 701 g/mol. The van der Waals surface area contributed by atoms with Crippen LogP contribution in [0.5, 0.6) is 11.5 Å². The highest BCUT2D eigenvalue weighted by atomic mass is 79.9. The zero-order valence-electron chi connectivity index (χ0n) is 26.4. The molecular weight excluding hydrogens is 658 g/mol. The number of rotatable bonds is 11. The number of aromatic hydroxyl groups is 1. The average Bonchev–Trinajstić information content (AvgIpc) is 3.35. The molecule has 3 aromatic rings.